The Balaban J connectivity index is 1.59. The minimum atomic E-state index is -0.208. The number of pyridine rings is 1. The SMILES string of the molecule is COc1cccc2c1-c1c(CCNC(=O)c3ccco3)c3ncccc3n1CCC2. The average Bonchev–Trinajstić information content (AvgIpc) is 3.36. The van der Waals surface area contributed by atoms with Crippen LogP contribution in [0.5, 0.6) is 5.75 Å². The first-order chi connectivity index (χ1) is 14.8. The van der Waals surface area contributed by atoms with E-state index < -0.39 is 0 Å². The third-order valence-corrected chi connectivity index (χ3v) is 5.72. The first-order valence-corrected chi connectivity index (χ1v) is 10.2. The van der Waals surface area contributed by atoms with Crippen molar-refractivity contribution >= 4 is 16.9 Å². The van der Waals surface area contributed by atoms with Crippen molar-refractivity contribution in [3.63, 3.8) is 0 Å². The number of ether oxygens (including phenoxy) is 1. The summed E-state index contributed by atoms with van der Waals surface area (Å²) in [5, 5.41) is 2.96. The van der Waals surface area contributed by atoms with Crippen LogP contribution < -0.4 is 10.1 Å². The molecule has 0 radical (unpaired) electrons. The van der Waals surface area contributed by atoms with Crippen molar-refractivity contribution in [3.05, 3.63) is 71.8 Å². The van der Waals surface area contributed by atoms with Gasteiger partial charge in [-0.3, -0.25) is 9.78 Å². The molecular weight excluding hydrogens is 378 g/mol. The minimum Gasteiger partial charge on any atom is -0.496 e. The van der Waals surface area contributed by atoms with Crippen molar-refractivity contribution in [2.24, 2.45) is 0 Å². The summed E-state index contributed by atoms with van der Waals surface area (Å²) in [5.74, 6) is 0.987. The van der Waals surface area contributed by atoms with E-state index >= 15 is 0 Å². The third kappa shape index (κ3) is 3.05. The van der Waals surface area contributed by atoms with Gasteiger partial charge in [-0.25, -0.2) is 0 Å². The van der Waals surface area contributed by atoms with E-state index in [1.807, 2.05) is 18.3 Å². The Labute approximate surface area is 174 Å². The largest absolute Gasteiger partial charge is 0.496 e. The number of hydrogen-bond acceptors (Lipinski definition) is 4. The second-order valence-electron chi connectivity index (χ2n) is 7.43. The molecular formula is C24H23N3O3. The molecule has 1 aliphatic heterocycles. The summed E-state index contributed by atoms with van der Waals surface area (Å²) in [5.41, 5.74) is 6.83. The molecule has 0 saturated carbocycles. The average molecular weight is 401 g/mol. The van der Waals surface area contributed by atoms with Crippen molar-refractivity contribution in [1.82, 2.24) is 14.9 Å². The number of furan rings is 1. The van der Waals surface area contributed by atoms with Crippen LogP contribution >= 0.6 is 0 Å². The highest BCUT2D eigenvalue weighted by molar-refractivity contribution is 5.92. The Morgan fingerprint density at radius 2 is 2.17 bits per heavy atom. The highest BCUT2D eigenvalue weighted by atomic mass is 16.5. The highest BCUT2D eigenvalue weighted by Gasteiger charge is 2.26. The van der Waals surface area contributed by atoms with Gasteiger partial charge in [0.05, 0.1) is 30.1 Å². The summed E-state index contributed by atoms with van der Waals surface area (Å²) in [6.45, 7) is 1.42. The number of aromatic nitrogens is 2. The topological polar surface area (TPSA) is 69.3 Å². The van der Waals surface area contributed by atoms with Gasteiger partial charge in [-0.05, 0) is 55.2 Å². The van der Waals surface area contributed by atoms with Crippen molar-refractivity contribution < 1.29 is 13.9 Å². The van der Waals surface area contributed by atoms with Crippen LogP contribution in [-0.2, 0) is 19.4 Å². The number of carbonyl (C=O) groups excluding carboxylic acids is 1. The van der Waals surface area contributed by atoms with Crippen LogP contribution in [0.25, 0.3) is 22.3 Å². The van der Waals surface area contributed by atoms with Gasteiger partial charge in [-0.2, -0.15) is 0 Å². The molecule has 0 saturated heterocycles. The Hall–Kier alpha value is -3.54. The van der Waals surface area contributed by atoms with E-state index in [4.69, 9.17) is 14.1 Å². The van der Waals surface area contributed by atoms with Crippen molar-refractivity contribution in [1.29, 1.82) is 0 Å². The van der Waals surface area contributed by atoms with Gasteiger partial charge in [-0.15, -0.1) is 0 Å². The number of fused-ring (bicyclic) bond motifs is 5. The molecule has 0 atom stereocenters. The van der Waals surface area contributed by atoms with Gasteiger partial charge in [-0.1, -0.05) is 12.1 Å². The third-order valence-electron chi connectivity index (χ3n) is 5.72. The van der Waals surface area contributed by atoms with E-state index in [1.165, 1.54) is 11.8 Å². The fourth-order valence-electron chi connectivity index (χ4n) is 4.44. The van der Waals surface area contributed by atoms with Crippen molar-refractivity contribution in [2.45, 2.75) is 25.8 Å². The van der Waals surface area contributed by atoms with Crippen LogP contribution in [0.1, 0.15) is 28.1 Å². The molecule has 4 aromatic rings. The minimum absolute atomic E-state index is 0.208. The maximum atomic E-state index is 12.3. The molecule has 1 aliphatic rings. The van der Waals surface area contributed by atoms with Gasteiger partial charge in [0.2, 0.25) is 0 Å². The summed E-state index contributed by atoms with van der Waals surface area (Å²) >= 11 is 0. The van der Waals surface area contributed by atoms with Crippen molar-refractivity contribution in [3.8, 4) is 17.0 Å². The van der Waals surface area contributed by atoms with Gasteiger partial charge >= 0.3 is 0 Å². The van der Waals surface area contributed by atoms with Gasteiger partial charge in [0, 0.05) is 30.4 Å². The molecule has 5 rings (SSSR count). The molecule has 0 aliphatic carbocycles. The first kappa shape index (κ1) is 18.5. The number of rotatable bonds is 5. The zero-order valence-electron chi connectivity index (χ0n) is 16.9. The molecule has 152 valence electrons. The molecule has 0 unspecified atom stereocenters. The number of hydrogen-bond donors (Lipinski definition) is 1. The Morgan fingerprint density at radius 3 is 3.00 bits per heavy atom. The Morgan fingerprint density at radius 1 is 1.23 bits per heavy atom. The predicted molar refractivity (Wildman–Crippen MR) is 115 cm³/mol. The molecule has 4 heterocycles. The van der Waals surface area contributed by atoms with E-state index in [0.717, 1.165) is 53.0 Å². The van der Waals surface area contributed by atoms with Crippen LogP contribution in [0.4, 0.5) is 0 Å². The van der Waals surface area contributed by atoms with E-state index in [1.54, 1.807) is 19.2 Å². The standard InChI is InChI=1S/C24H23N3O3/c1-29-19-9-2-6-16-7-4-14-27-18-8-3-12-25-22(18)17(23(27)21(16)19)11-13-26-24(28)20-10-5-15-30-20/h2-3,5-6,8-10,12,15H,4,7,11,13-14H2,1H3,(H,26,28). The second-order valence-corrected chi connectivity index (χ2v) is 7.43. The maximum Gasteiger partial charge on any atom is 0.286 e. The van der Waals surface area contributed by atoms with Gasteiger partial charge in [0.15, 0.2) is 5.76 Å². The van der Waals surface area contributed by atoms with Crippen LogP contribution in [-0.4, -0.2) is 29.1 Å². The zero-order valence-corrected chi connectivity index (χ0v) is 16.9. The molecule has 30 heavy (non-hydrogen) atoms. The van der Waals surface area contributed by atoms with E-state index in [2.05, 4.69) is 28.1 Å². The van der Waals surface area contributed by atoms with E-state index in [9.17, 15) is 4.79 Å². The summed E-state index contributed by atoms with van der Waals surface area (Å²) in [6.07, 6.45) is 6.06. The van der Waals surface area contributed by atoms with Gasteiger partial charge in [0.1, 0.15) is 5.75 Å². The molecule has 6 heteroatoms. The molecule has 1 aromatic carbocycles. The lowest BCUT2D eigenvalue weighted by atomic mass is 9.97. The molecule has 0 spiro atoms. The monoisotopic (exact) mass is 401 g/mol. The Kier molecular flexibility index (Phi) is 4.75. The van der Waals surface area contributed by atoms with Crippen LogP contribution in [0.2, 0.25) is 0 Å². The normalized spacial score (nSPS) is 12.8. The van der Waals surface area contributed by atoms with Crippen LogP contribution in [0.15, 0.2) is 59.3 Å². The number of benzene rings is 1. The van der Waals surface area contributed by atoms with Crippen LogP contribution in [0, 0.1) is 0 Å². The number of nitrogens with zero attached hydrogens (tertiary/aromatic N) is 2. The zero-order chi connectivity index (χ0) is 20.5. The quantitative estimate of drug-likeness (QED) is 0.544. The van der Waals surface area contributed by atoms with E-state index in [0.29, 0.717) is 18.7 Å². The lowest BCUT2D eigenvalue weighted by molar-refractivity contribution is 0.0926. The lowest BCUT2D eigenvalue weighted by Crippen LogP contribution is -2.25. The van der Waals surface area contributed by atoms with Gasteiger partial charge in [0.25, 0.3) is 5.91 Å². The second kappa shape index (κ2) is 7.71. The molecule has 1 amide bonds. The van der Waals surface area contributed by atoms with Crippen molar-refractivity contribution in [2.75, 3.05) is 13.7 Å². The molecule has 1 N–H and O–H groups in total. The van der Waals surface area contributed by atoms with Gasteiger partial charge < -0.3 is 19.0 Å². The molecule has 0 fully saturated rings. The maximum absolute atomic E-state index is 12.3. The van der Waals surface area contributed by atoms with Crippen LogP contribution in [0.3, 0.4) is 0 Å². The summed E-state index contributed by atoms with van der Waals surface area (Å²) in [4.78, 5) is 17.0. The summed E-state index contributed by atoms with van der Waals surface area (Å²) in [6, 6.07) is 13.7. The molecule has 0 bridgehead atoms. The Bertz CT molecular complexity index is 1210. The first-order valence-electron chi connectivity index (χ1n) is 10.2. The lowest BCUT2D eigenvalue weighted by Gasteiger charge is -2.15. The number of methoxy groups -OCH3 is 1. The molecule has 3 aromatic heterocycles. The fraction of sp³-hybridized carbons (Fsp3) is 0.250. The number of carbonyl (C=O) groups is 1. The predicted octanol–water partition coefficient (Wildman–Crippen LogP) is 4.22. The smallest absolute Gasteiger partial charge is 0.286 e. The summed E-state index contributed by atoms with van der Waals surface area (Å²) in [7, 11) is 1.72. The summed E-state index contributed by atoms with van der Waals surface area (Å²) < 4.78 is 13.3. The number of nitrogens with one attached hydrogen (secondary N) is 1. The number of amides is 1. The fourth-order valence-corrected chi connectivity index (χ4v) is 4.44. The highest BCUT2D eigenvalue weighted by Crippen LogP contribution is 2.42. The number of aryl methyl sites for hydroxylation is 2. The molecule has 6 nitrogen and oxygen atoms in total. The van der Waals surface area contributed by atoms with E-state index in [-0.39, 0.29) is 5.91 Å².